The van der Waals surface area contributed by atoms with Gasteiger partial charge < -0.3 is 4.74 Å². The van der Waals surface area contributed by atoms with Gasteiger partial charge in [-0.05, 0) is 51.7 Å². The Morgan fingerprint density at radius 2 is 2.17 bits per heavy atom. The van der Waals surface area contributed by atoms with E-state index in [1.165, 1.54) is 11.1 Å². The van der Waals surface area contributed by atoms with Gasteiger partial charge >= 0.3 is 0 Å². The number of alkyl halides is 1. The largest absolute Gasteiger partial charge is 0.486 e. The summed E-state index contributed by atoms with van der Waals surface area (Å²) in [5.74, 6) is 1.05. The van der Waals surface area contributed by atoms with E-state index < -0.39 is 0 Å². The highest BCUT2D eigenvalue weighted by Crippen LogP contribution is 2.39. The molecule has 2 atom stereocenters. The van der Waals surface area contributed by atoms with Crippen molar-refractivity contribution in [2.24, 2.45) is 0 Å². The summed E-state index contributed by atoms with van der Waals surface area (Å²) in [4.78, 5) is 0.380. The highest BCUT2D eigenvalue weighted by atomic mass is 79.9. The Kier molecular flexibility index (Phi) is 4.16. The first-order valence-corrected chi connectivity index (χ1v) is 7.47. The van der Waals surface area contributed by atoms with Crippen molar-refractivity contribution in [2.75, 3.05) is 0 Å². The summed E-state index contributed by atoms with van der Waals surface area (Å²) < 4.78 is 6.24. The van der Waals surface area contributed by atoms with Crippen LogP contribution in [-0.4, -0.2) is 10.4 Å². The highest BCUT2D eigenvalue weighted by molar-refractivity contribution is 9.09. The number of ether oxygens (including phenoxy) is 1. The molecule has 0 aromatic heterocycles. The first-order chi connectivity index (χ1) is 8.51. The van der Waals surface area contributed by atoms with Crippen LogP contribution in [0.4, 0.5) is 0 Å². The van der Waals surface area contributed by atoms with E-state index in [4.69, 9.17) is 4.74 Å². The summed E-state index contributed by atoms with van der Waals surface area (Å²) in [6.07, 6.45) is 5.45. The van der Waals surface area contributed by atoms with Gasteiger partial charge in [0.05, 0.1) is 4.83 Å². The Labute approximate surface area is 118 Å². The predicted molar refractivity (Wildman–Crippen MR) is 80.6 cm³/mol. The molecule has 1 aliphatic heterocycles. The van der Waals surface area contributed by atoms with E-state index in [1.54, 1.807) is 0 Å². The van der Waals surface area contributed by atoms with E-state index in [0.717, 1.165) is 25.0 Å². The van der Waals surface area contributed by atoms with Gasteiger partial charge in [0.2, 0.25) is 0 Å². The molecule has 1 heterocycles. The Morgan fingerprint density at radius 1 is 1.44 bits per heavy atom. The van der Waals surface area contributed by atoms with Crippen LogP contribution in [0.3, 0.4) is 0 Å². The number of hydrogen-bond acceptors (Lipinski definition) is 1. The first-order valence-electron chi connectivity index (χ1n) is 6.55. The number of rotatable bonds is 3. The lowest BCUT2D eigenvalue weighted by Crippen LogP contribution is -2.45. The highest BCUT2D eigenvalue weighted by Gasteiger charge is 2.38. The lowest BCUT2D eigenvalue weighted by atomic mass is 9.88. The van der Waals surface area contributed by atoms with Crippen molar-refractivity contribution in [3.63, 3.8) is 0 Å². The molecule has 0 amide bonds. The van der Waals surface area contributed by atoms with Crippen molar-refractivity contribution in [3.8, 4) is 5.75 Å². The molecule has 0 radical (unpaired) electrons. The Bertz CT molecular complexity index is 448. The standard InChI is InChI=1S/C16H21BrO/c1-12(2)7-6-10-16(3)15(17)11-13-8-4-5-9-14(13)18-16/h4-5,7-9,15H,6,10-11H2,1-3H3. The molecule has 18 heavy (non-hydrogen) atoms. The smallest absolute Gasteiger partial charge is 0.123 e. The van der Waals surface area contributed by atoms with Crippen LogP contribution in [0.5, 0.6) is 5.75 Å². The summed E-state index contributed by atoms with van der Waals surface area (Å²) in [5.41, 5.74) is 2.57. The van der Waals surface area contributed by atoms with E-state index >= 15 is 0 Å². The molecule has 1 aliphatic rings. The van der Waals surface area contributed by atoms with Gasteiger partial charge in [0.15, 0.2) is 0 Å². The molecule has 0 N–H and O–H groups in total. The van der Waals surface area contributed by atoms with Crippen LogP contribution in [-0.2, 0) is 6.42 Å². The zero-order chi connectivity index (χ0) is 13.2. The lowest BCUT2D eigenvalue weighted by Gasteiger charge is -2.40. The average molecular weight is 309 g/mol. The second-order valence-electron chi connectivity index (χ2n) is 5.51. The minimum absolute atomic E-state index is 0.111. The van der Waals surface area contributed by atoms with Crippen LogP contribution in [0.1, 0.15) is 39.2 Å². The molecule has 0 bridgehead atoms. The molecule has 2 rings (SSSR count). The monoisotopic (exact) mass is 308 g/mol. The lowest BCUT2D eigenvalue weighted by molar-refractivity contribution is 0.0657. The first kappa shape index (κ1) is 13.7. The second kappa shape index (κ2) is 5.48. The summed E-state index contributed by atoms with van der Waals surface area (Å²) >= 11 is 3.80. The normalized spacial score (nSPS) is 26.1. The van der Waals surface area contributed by atoms with Crippen LogP contribution >= 0.6 is 15.9 Å². The molecule has 2 unspecified atom stereocenters. The van der Waals surface area contributed by atoms with Crippen molar-refractivity contribution in [2.45, 2.75) is 50.5 Å². The second-order valence-corrected chi connectivity index (χ2v) is 6.62. The zero-order valence-electron chi connectivity index (χ0n) is 11.4. The number of fused-ring (bicyclic) bond motifs is 1. The van der Waals surface area contributed by atoms with E-state index in [0.29, 0.717) is 4.83 Å². The molecule has 1 aromatic carbocycles. The summed E-state index contributed by atoms with van der Waals surface area (Å²) in [6.45, 7) is 6.50. The molecule has 0 saturated carbocycles. The predicted octanol–water partition coefficient (Wildman–Crippen LogP) is 4.89. The van der Waals surface area contributed by atoms with E-state index in [-0.39, 0.29) is 5.60 Å². The molecule has 0 fully saturated rings. The van der Waals surface area contributed by atoms with Crippen molar-refractivity contribution >= 4 is 15.9 Å². The van der Waals surface area contributed by atoms with Crippen molar-refractivity contribution < 1.29 is 4.74 Å². The molecule has 0 spiro atoms. The molecule has 98 valence electrons. The van der Waals surface area contributed by atoms with E-state index in [9.17, 15) is 0 Å². The number of hydrogen-bond donors (Lipinski definition) is 0. The maximum Gasteiger partial charge on any atom is 0.123 e. The van der Waals surface area contributed by atoms with Crippen LogP contribution in [0, 0.1) is 0 Å². The summed E-state index contributed by atoms with van der Waals surface area (Å²) in [6, 6.07) is 8.35. The van der Waals surface area contributed by atoms with Gasteiger partial charge in [0.25, 0.3) is 0 Å². The topological polar surface area (TPSA) is 9.23 Å². The zero-order valence-corrected chi connectivity index (χ0v) is 13.0. The van der Waals surface area contributed by atoms with Gasteiger partial charge in [-0.2, -0.15) is 0 Å². The molecule has 2 heteroatoms. The van der Waals surface area contributed by atoms with Gasteiger partial charge in [0.1, 0.15) is 11.4 Å². The minimum atomic E-state index is -0.111. The number of benzene rings is 1. The Morgan fingerprint density at radius 3 is 2.89 bits per heavy atom. The average Bonchev–Trinajstić information content (AvgIpc) is 2.30. The molecule has 1 aromatic rings. The van der Waals surface area contributed by atoms with E-state index in [2.05, 4.69) is 61.0 Å². The maximum atomic E-state index is 6.24. The SMILES string of the molecule is CC(C)=CCCC1(C)Oc2ccccc2CC1Br. The third kappa shape index (κ3) is 2.97. The van der Waals surface area contributed by atoms with Crippen LogP contribution in [0.15, 0.2) is 35.9 Å². The fourth-order valence-electron chi connectivity index (χ4n) is 2.35. The number of allylic oxidation sites excluding steroid dienone is 2. The molecule has 0 aliphatic carbocycles. The maximum absolute atomic E-state index is 6.24. The van der Waals surface area contributed by atoms with Crippen LogP contribution < -0.4 is 4.74 Å². The van der Waals surface area contributed by atoms with Gasteiger partial charge in [-0.15, -0.1) is 0 Å². The Hall–Kier alpha value is -0.760. The quantitative estimate of drug-likeness (QED) is 0.570. The minimum Gasteiger partial charge on any atom is -0.486 e. The van der Waals surface area contributed by atoms with E-state index in [1.807, 2.05) is 6.07 Å². The number of halogens is 1. The van der Waals surface area contributed by atoms with Crippen LogP contribution in [0.25, 0.3) is 0 Å². The Balaban J connectivity index is 2.12. The van der Waals surface area contributed by atoms with Gasteiger partial charge in [0, 0.05) is 0 Å². The third-order valence-electron chi connectivity index (χ3n) is 3.57. The fraction of sp³-hybridized carbons (Fsp3) is 0.500. The van der Waals surface area contributed by atoms with Crippen molar-refractivity contribution in [1.29, 1.82) is 0 Å². The summed E-state index contributed by atoms with van der Waals surface area (Å²) in [5, 5.41) is 0. The third-order valence-corrected chi connectivity index (χ3v) is 4.86. The van der Waals surface area contributed by atoms with Gasteiger partial charge in [-0.1, -0.05) is 45.8 Å². The van der Waals surface area contributed by atoms with Gasteiger partial charge in [-0.3, -0.25) is 0 Å². The molecule has 0 saturated heterocycles. The fourth-order valence-corrected chi connectivity index (χ4v) is 3.02. The van der Waals surface area contributed by atoms with Crippen LogP contribution in [0.2, 0.25) is 0 Å². The summed E-state index contributed by atoms with van der Waals surface area (Å²) in [7, 11) is 0. The van der Waals surface area contributed by atoms with Gasteiger partial charge in [-0.25, -0.2) is 0 Å². The molecular formula is C16H21BrO. The van der Waals surface area contributed by atoms with Crippen molar-refractivity contribution in [3.05, 3.63) is 41.5 Å². The molecular weight excluding hydrogens is 288 g/mol. The molecule has 1 nitrogen and oxygen atoms in total. The van der Waals surface area contributed by atoms with Crippen molar-refractivity contribution in [1.82, 2.24) is 0 Å². The number of para-hydroxylation sites is 1.